The van der Waals surface area contributed by atoms with Crippen LogP contribution in [0.2, 0.25) is 0 Å². The third-order valence-corrected chi connectivity index (χ3v) is 4.14. The van der Waals surface area contributed by atoms with E-state index in [2.05, 4.69) is 4.98 Å². The molecule has 1 aromatic carbocycles. The van der Waals surface area contributed by atoms with Gasteiger partial charge in [-0.3, -0.25) is 9.59 Å². The Hall–Kier alpha value is -1.85. The first-order valence-corrected chi connectivity index (χ1v) is 7.34. The van der Waals surface area contributed by atoms with Gasteiger partial charge in [0, 0.05) is 24.5 Å². The number of hydrogen-bond donors (Lipinski definition) is 2. The van der Waals surface area contributed by atoms with Crippen molar-refractivity contribution >= 4 is 29.1 Å². The highest BCUT2D eigenvalue weighted by molar-refractivity contribution is 5.96. The number of aromatic amines is 1. The SMILES string of the molecule is Cl.NCC1CCCCN1C(=O)c1cc2ccccc2c(=O)[nH]1. The summed E-state index contributed by atoms with van der Waals surface area (Å²) in [5.74, 6) is -0.131. The lowest BCUT2D eigenvalue weighted by atomic mass is 10.0. The summed E-state index contributed by atoms with van der Waals surface area (Å²) in [5.41, 5.74) is 5.89. The van der Waals surface area contributed by atoms with Gasteiger partial charge in [-0.1, -0.05) is 18.2 Å². The lowest BCUT2D eigenvalue weighted by Crippen LogP contribution is -2.47. The summed E-state index contributed by atoms with van der Waals surface area (Å²) in [6.45, 7) is 1.17. The van der Waals surface area contributed by atoms with Crippen molar-refractivity contribution in [3.63, 3.8) is 0 Å². The Bertz CT molecular complexity index is 729. The Morgan fingerprint density at radius 3 is 2.86 bits per heavy atom. The van der Waals surface area contributed by atoms with Crippen LogP contribution in [-0.2, 0) is 0 Å². The fourth-order valence-corrected chi connectivity index (χ4v) is 2.99. The minimum atomic E-state index is -0.224. The zero-order chi connectivity index (χ0) is 14.8. The maximum atomic E-state index is 12.7. The number of piperidine rings is 1. The molecule has 3 rings (SSSR count). The number of rotatable bonds is 2. The molecule has 0 saturated carbocycles. The van der Waals surface area contributed by atoms with Crippen LogP contribution in [0.1, 0.15) is 29.8 Å². The number of aromatic nitrogens is 1. The van der Waals surface area contributed by atoms with Crippen LogP contribution in [0.25, 0.3) is 10.8 Å². The van der Waals surface area contributed by atoms with Gasteiger partial charge >= 0.3 is 0 Å². The number of benzene rings is 1. The van der Waals surface area contributed by atoms with Gasteiger partial charge in [-0.15, -0.1) is 12.4 Å². The van der Waals surface area contributed by atoms with E-state index in [1.807, 2.05) is 18.2 Å². The van der Waals surface area contributed by atoms with E-state index < -0.39 is 0 Å². The van der Waals surface area contributed by atoms with Crippen molar-refractivity contribution in [1.82, 2.24) is 9.88 Å². The first kappa shape index (κ1) is 16.5. The van der Waals surface area contributed by atoms with E-state index in [9.17, 15) is 9.59 Å². The Morgan fingerprint density at radius 1 is 1.32 bits per heavy atom. The number of hydrogen-bond acceptors (Lipinski definition) is 3. The molecule has 22 heavy (non-hydrogen) atoms. The van der Waals surface area contributed by atoms with Crippen molar-refractivity contribution in [3.8, 4) is 0 Å². The average Bonchev–Trinajstić information content (AvgIpc) is 2.54. The van der Waals surface area contributed by atoms with Crippen LogP contribution in [0, 0.1) is 0 Å². The molecule has 118 valence electrons. The normalized spacial score (nSPS) is 18.0. The van der Waals surface area contributed by atoms with E-state index in [1.54, 1.807) is 17.0 Å². The van der Waals surface area contributed by atoms with Crippen molar-refractivity contribution < 1.29 is 4.79 Å². The maximum Gasteiger partial charge on any atom is 0.270 e. The van der Waals surface area contributed by atoms with Crippen LogP contribution < -0.4 is 11.3 Å². The molecule has 0 aliphatic carbocycles. The quantitative estimate of drug-likeness (QED) is 0.886. The van der Waals surface area contributed by atoms with Crippen LogP contribution in [0.4, 0.5) is 0 Å². The van der Waals surface area contributed by atoms with Crippen molar-refractivity contribution in [2.45, 2.75) is 25.3 Å². The Kier molecular flexibility index (Phi) is 5.21. The number of nitrogens with two attached hydrogens (primary N) is 1. The second-order valence-corrected chi connectivity index (χ2v) is 5.48. The first-order valence-electron chi connectivity index (χ1n) is 7.34. The van der Waals surface area contributed by atoms with Gasteiger partial charge in [0.25, 0.3) is 11.5 Å². The van der Waals surface area contributed by atoms with Crippen LogP contribution in [0.15, 0.2) is 35.1 Å². The fraction of sp³-hybridized carbons (Fsp3) is 0.375. The molecule has 0 bridgehead atoms. The summed E-state index contributed by atoms with van der Waals surface area (Å²) < 4.78 is 0. The van der Waals surface area contributed by atoms with Gasteiger partial charge in [-0.25, -0.2) is 0 Å². The zero-order valence-corrected chi connectivity index (χ0v) is 13.1. The maximum absolute atomic E-state index is 12.7. The average molecular weight is 322 g/mol. The molecule has 1 aromatic heterocycles. The number of carbonyl (C=O) groups is 1. The lowest BCUT2D eigenvalue weighted by Gasteiger charge is -2.34. The molecule has 2 aromatic rings. The molecule has 1 amide bonds. The standard InChI is InChI=1S/C16H19N3O2.ClH/c17-10-12-6-3-4-8-19(12)16(21)14-9-11-5-1-2-7-13(11)15(20)18-14;/h1-2,5,7,9,12H,3-4,6,8,10,17H2,(H,18,20);1H. The molecule has 0 spiro atoms. The molecule has 1 aliphatic heterocycles. The summed E-state index contributed by atoms with van der Waals surface area (Å²) in [5, 5.41) is 1.38. The van der Waals surface area contributed by atoms with Gasteiger partial charge in [-0.2, -0.15) is 0 Å². The van der Waals surface area contributed by atoms with E-state index in [0.29, 0.717) is 24.2 Å². The van der Waals surface area contributed by atoms with Crippen LogP contribution in [0.5, 0.6) is 0 Å². The predicted molar refractivity (Wildman–Crippen MR) is 89.5 cm³/mol. The highest BCUT2D eigenvalue weighted by Gasteiger charge is 2.27. The molecule has 1 aliphatic rings. The minimum Gasteiger partial charge on any atom is -0.333 e. The summed E-state index contributed by atoms with van der Waals surface area (Å²) in [4.78, 5) is 29.3. The van der Waals surface area contributed by atoms with E-state index >= 15 is 0 Å². The number of fused-ring (bicyclic) bond motifs is 1. The van der Waals surface area contributed by atoms with E-state index in [-0.39, 0.29) is 29.9 Å². The highest BCUT2D eigenvalue weighted by atomic mass is 35.5. The lowest BCUT2D eigenvalue weighted by molar-refractivity contribution is 0.0617. The third-order valence-electron chi connectivity index (χ3n) is 4.14. The molecule has 0 radical (unpaired) electrons. The number of nitrogens with one attached hydrogen (secondary N) is 1. The smallest absolute Gasteiger partial charge is 0.270 e. The summed E-state index contributed by atoms with van der Waals surface area (Å²) in [7, 11) is 0. The number of pyridine rings is 1. The topological polar surface area (TPSA) is 79.2 Å². The largest absolute Gasteiger partial charge is 0.333 e. The Labute approximate surface area is 134 Å². The summed E-state index contributed by atoms with van der Waals surface area (Å²) in [6, 6.07) is 9.10. The van der Waals surface area contributed by atoms with Crippen molar-refractivity contribution in [2.75, 3.05) is 13.1 Å². The molecular weight excluding hydrogens is 302 g/mol. The Morgan fingerprint density at radius 2 is 2.09 bits per heavy atom. The monoisotopic (exact) mass is 321 g/mol. The van der Waals surface area contributed by atoms with Gasteiger partial charge < -0.3 is 15.6 Å². The Balaban J connectivity index is 0.00000176. The summed E-state index contributed by atoms with van der Waals surface area (Å²) in [6.07, 6.45) is 3.01. The predicted octanol–water partition coefficient (Wildman–Crippen LogP) is 1.90. The van der Waals surface area contributed by atoms with Crippen LogP contribution >= 0.6 is 12.4 Å². The van der Waals surface area contributed by atoms with Gasteiger partial charge in [-0.05, 0) is 36.8 Å². The summed E-state index contributed by atoms with van der Waals surface area (Å²) >= 11 is 0. The number of halogens is 1. The van der Waals surface area contributed by atoms with E-state index in [1.165, 1.54) is 0 Å². The van der Waals surface area contributed by atoms with Gasteiger partial charge in [0.05, 0.1) is 0 Å². The number of carbonyl (C=O) groups excluding carboxylic acids is 1. The van der Waals surface area contributed by atoms with Crippen molar-refractivity contribution in [3.05, 3.63) is 46.4 Å². The first-order chi connectivity index (χ1) is 10.2. The number of amides is 1. The second-order valence-electron chi connectivity index (χ2n) is 5.48. The van der Waals surface area contributed by atoms with Crippen LogP contribution in [-0.4, -0.2) is 34.9 Å². The van der Waals surface area contributed by atoms with Gasteiger partial charge in [0.2, 0.25) is 0 Å². The molecule has 1 unspecified atom stereocenters. The number of likely N-dealkylation sites (tertiary alicyclic amines) is 1. The van der Waals surface area contributed by atoms with Crippen molar-refractivity contribution in [1.29, 1.82) is 0 Å². The molecule has 2 heterocycles. The highest BCUT2D eigenvalue weighted by Crippen LogP contribution is 2.19. The van der Waals surface area contributed by atoms with Crippen molar-refractivity contribution in [2.24, 2.45) is 5.73 Å². The fourth-order valence-electron chi connectivity index (χ4n) is 2.99. The number of nitrogens with zero attached hydrogens (tertiary/aromatic N) is 1. The molecule has 1 fully saturated rings. The zero-order valence-electron chi connectivity index (χ0n) is 12.2. The van der Waals surface area contributed by atoms with Gasteiger partial charge in [0.15, 0.2) is 0 Å². The molecular formula is C16H20ClN3O2. The molecule has 1 atom stereocenters. The van der Waals surface area contributed by atoms with E-state index in [0.717, 1.165) is 24.6 Å². The molecule has 1 saturated heterocycles. The second kappa shape index (κ2) is 6.94. The minimum absolute atomic E-state index is 0. The van der Waals surface area contributed by atoms with Crippen LogP contribution in [0.3, 0.4) is 0 Å². The molecule has 5 nitrogen and oxygen atoms in total. The number of H-pyrrole nitrogens is 1. The van der Waals surface area contributed by atoms with E-state index in [4.69, 9.17) is 5.73 Å². The van der Waals surface area contributed by atoms with Gasteiger partial charge in [0.1, 0.15) is 5.69 Å². The molecule has 3 N–H and O–H groups in total. The third kappa shape index (κ3) is 3.00. The molecule has 6 heteroatoms.